The average Bonchev–Trinajstić information content (AvgIpc) is 2.36. The third kappa shape index (κ3) is 4.46. The van der Waals surface area contributed by atoms with Crippen molar-refractivity contribution in [1.29, 1.82) is 0 Å². The highest BCUT2D eigenvalue weighted by Gasteiger charge is 2.36. The molecule has 0 aromatic carbocycles. The zero-order valence-corrected chi connectivity index (χ0v) is 12.9. The van der Waals surface area contributed by atoms with Gasteiger partial charge in [-0.15, -0.1) is 0 Å². The molecular weight excluding hydrogens is 240 g/mol. The quantitative estimate of drug-likeness (QED) is 0.773. The Labute approximate surface area is 117 Å². The van der Waals surface area contributed by atoms with Crippen molar-refractivity contribution in [2.45, 2.75) is 64.5 Å². The van der Waals surface area contributed by atoms with E-state index >= 15 is 0 Å². The first kappa shape index (κ1) is 16.4. The van der Waals surface area contributed by atoms with Crippen LogP contribution >= 0.6 is 0 Å². The Kier molecular flexibility index (Phi) is 6.27. The van der Waals surface area contributed by atoms with Gasteiger partial charge in [0.2, 0.25) is 5.91 Å². The van der Waals surface area contributed by atoms with Gasteiger partial charge in [0.15, 0.2) is 0 Å². The van der Waals surface area contributed by atoms with E-state index < -0.39 is 0 Å². The van der Waals surface area contributed by atoms with Crippen molar-refractivity contribution in [3.63, 3.8) is 0 Å². The van der Waals surface area contributed by atoms with Gasteiger partial charge >= 0.3 is 0 Å². The lowest BCUT2D eigenvalue weighted by atomic mass is 9.73. The number of amides is 1. The molecule has 19 heavy (non-hydrogen) atoms. The number of nitrogens with zero attached hydrogens (tertiary/aromatic N) is 1. The van der Waals surface area contributed by atoms with Gasteiger partial charge in [0.05, 0.1) is 12.1 Å². The second kappa shape index (κ2) is 7.25. The first-order valence-electron chi connectivity index (χ1n) is 7.53. The molecule has 0 heterocycles. The maximum atomic E-state index is 12.2. The molecular formula is C15H30N2O2. The average molecular weight is 270 g/mol. The number of aliphatic hydroxyl groups is 1. The molecule has 0 spiro atoms. The minimum atomic E-state index is -0.287. The van der Waals surface area contributed by atoms with Crippen LogP contribution in [0.25, 0.3) is 0 Å². The molecule has 0 saturated heterocycles. The SMILES string of the molecule is CCCC(C(=O)NCC1(C)CCCCC1O)N(C)C. The van der Waals surface area contributed by atoms with Crippen molar-refractivity contribution < 1.29 is 9.90 Å². The predicted molar refractivity (Wildman–Crippen MR) is 78.0 cm³/mol. The maximum Gasteiger partial charge on any atom is 0.237 e. The normalized spacial score (nSPS) is 29.3. The van der Waals surface area contributed by atoms with Gasteiger partial charge in [-0.3, -0.25) is 9.69 Å². The molecule has 0 aromatic heterocycles. The summed E-state index contributed by atoms with van der Waals surface area (Å²) >= 11 is 0. The van der Waals surface area contributed by atoms with E-state index in [0.717, 1.165) is 38.5 Å². The predicted octanol–water partition coefficient (Wildman–Crippen LogP) is 1.77. The Hall–Kier alpha value is -0.610. The molecule has 0 aliphatic heterocycles. The lowest BCUT2D eigenvalue weighted by Crippen LogP contribution is -2.50. The second-order valence-electron chi connectivity index (χ2n) is 6.40. The van der Waals surface area contributed by atoms with Crippen molar-refractivity contribution in [1.82, 2.24) is 10.2 Å². The van der Waals surface area contributed by atoms with E-state index in [2.05, 4.69) is 19.2 Å². The Bertz CT molecular complexity index is 294. The fourth-order valence-corrected chi connectivity index (χ4v) is 2.89. The maximum absolute atomic E-state index is 12.2. The van der Waals surface area contributed by atoms with Crippen molar-refractivity contribution in [2.24, 2.45) is 5.41 Å². The summed E-state index contributed by atoms with van der Waals surface area (Å²) in [6, 6.07) is -0.0608. The van der Waals surface area contributed by atoms with E-state index in [-0.39, 0.29) is 23.5 Å². The summed E-state index contributed by atoms with van der Waals surface area (Å²) in [5.41, 5.74) is -0.156. The van der Waals surface area contributed by atoms with Crippen LogP contribution in [0.5, 0.6) is 0 Å². The molecule has 1 aliphatic rings. The molecule has 112 valence electrons. The first-order chi connectivity index (χ1) is 8.90. The molecule has 2 N–H and O–H groups in total. The number of rotatable bonds is 6. The minimum absolute atomic E-state index is 0.0608. The molecule has 1 rings (SSSR count). The van der Waals surface area contributed by atoms with Crippen LogP contribution in [-0.2, 0) is 4.79 Å². The summed E-state index contributed by atoms with van der Waals surface area (Å²) in [7, 11) is 3.88. The molecule has 3 atom stereocenters. The van der Waals surface area contributed by atoms with E-state index in [1.165, 1.54) is 0 Å². The zero-order chi connectivity index (χ0) is 14.5. The van der Waals surface area contributed by atoms with Crippen LogP contribution in [0.2, 0.25) is 0 Å². The number of hydrogen-bond donors (Lipinski definition) is 2. The Balaban J connectivity index is 2.52. The highest BCUT2D eigenvalue weighted by Crippen LogP contribution is 2.35. The first-order valence-corrected chi connectivity index (χ1v) is 7.53. The highest BCUT2D eigenvalue weighted by molar-refractivity contribution is 5.81. The molecule has 4 heteroatoms. The van der Waals surface area contributed by atoms with Crippen LogP contribution in [0.15, 0.2) is 0 Å². The summed E-state index contributed by atoms with van der Waals surface area (Å²) in [6.07, 6.45) is 5.68. The fourth-order valence-electron chi connectivity index (χ4n) is 2.89. The molecule has 1 fully saturated rings. The third-order valence-corrected chi connectivity index (χ3v) is 4.43. The van der Waals surface area contributed by atoms with Gasteiger partial charge in [-0.2, -0.15) is 0 Å². The third-order valence-electron chi connectivity index (χ3n) is 4.43. The van der Waals surface area contributed by atoms with E-state index in [4.69, 9.17) is 0 Å². The van der Waals surface area contributed by atoms with Crippen LogP contribution in [-0.4, -0.2) is 48.7 Å². The summed E-state index contributed by atoms with van der Waals surface area (Å²) in [5.74, 6) is 0.0887. The van der Waals surface area contributed by atoms with E-state index in [0.29, 0.717) is 6.54 Å². The van der Waals surface area contributed by atoms with Gasteiger partial charge in [-0.05, 0) is 33.4 Å². The lowest BCUT2D eigenvalue weighted by Gasteiger charge is -2.39. The van der Waals surface area contributed by atoms with Gasteiger partial charge in [0.1, 0.15) is 0 Å². The van der Waals surface area contributed by atoms with Crippen molar-refractivity contribution in [3.8, 4) is 0 Å². The standard InChI is InChI=1S/C15H30N2O2/c1-5-8-12(17(3)4)14(19)16-11-15(2)10-7-6-9-13(15)18/h12-13,18H,5-11H2,1-4H3,(H,16,19). The summed E-state index contributed by atoms with van der Waals surface area (Å²) in [5, 5.41) is 13.2. The van der Waals surface area contributed by atoms with E-state index in [1.54, 1.807) is 0 Å². The molecule has 1 aliphatic carbocycles. The largest absolute Gasteiger partial charge is 0.392 e. The van der Waals surface area contributed by atoms with Crippen LogP contribution in [0.3, 0.4) is 0 Å². The Morgan fingerprint density at radius 1 is 1.47 bits per heavy atom. The topological polar surface area (TPSA) is 52.6 Å². The molecule has 0 aromatic rings. The second-order valence-corrected chi connectivity index (χ2v) is 6.40. The van der Waals surface area contributed by atoms with Gasteiger partial charge in [0.25, 0.3) is 0 Å². The minimum Gasteiger partial charge on any atom is -0.392 e. The monoisotopic (exact) mass is 270 g/mol. The molecule has 0 bridgehead atoms. The van der Waals surface area contributed by atoms with Gasteiger partial charge in [0, 0.05) is 12.0 Å². The number of carbonyl (C=O) groups is 1. The number of likely N-dealkylation sites (N-methyl/N-ethyl adjacent to an activating group) is 1. The molecule has 4 nitrogen and oxygen atoms in total. The van der Waals surface area contributed by atoms with Gasteiger partial charge in [-0.1, -0.05) is 33.1 Å². The number of carbonyl (C=O) groups excluding carboxylic acids is 1. The van der Waals surface area contributed by atoms with E-state index in [1.807, 2.05) is 19.0 Å². The number of aliphatic hydroxyl groups excluding tert-OH is 1. The Morgan fingerprint density at radius 3 is 2.68 bits per heavy atom. The Morgan fingerprint density at radius 2 is 2.16 bits per heavy atom. The highest BCUT2D eigenvalue weighted by atomic mass is 16.3. The van der Waals surface area contributed by atoms with Crippen molar-refractivity contribution in [2.75, 3.05) is 20.6 Å². The fraction of sp³-hybridized carbons (Fsp3) is 0.933. The molecule has 0 radical (unpaired) electrons. The van der Waals surface area contributed by atoms with Crippen LogP contribution < -0.4 is 5.32 Å². The number of hydrogen-bond acceptors (Lipinski definition) is 3. The van der Waals surface area contributed by atoms with Crippen molar-refractivity contribution >= 4 is 5.91 Å². The molecule has 1 amide bonds. The van der Waals surface area contributed by atoms with Crippen LogP contribution in [0.1, 0.15) is 52.4 Å². The smallest absolute Gasteiger partial charge is 0.237 e. The lowest BCUT2D eigenvalue weighted by molar-refractivity contribution is -0.127. The van der Waals surface area contributed by atoms with Gasteiger partial charge in [-0.25, -0.2) is 0 Å². The van der Waals surface area contributed by atoms with Crippen molar-refractivity contribution in [3.05, 3.63) is 0 Å². The summed E-state index contributed by atoms with van der Waals surface area (Å²) in [4.78, 5) is 14.2. The van der Waals surface area contributed by atoms with E-state index in [9.17, 15) is 9.90 Å². The zero-order valence-electron chi connectivity index (χ0n) is 12.9. The number of nitrogens with one attached hydrogen (secondary N) is 1. The molecule has 1 saturated carbocycles. The van der Waals surface area contributed by atoms with Crippen LogP contribution in [0.4, 0.5) is 0 Å². The summed E-state index contributed by atoms with van der Waals surface area (Å²) in [6.45, 7) is 4.76. The molecule has 3 unspecified atom stereocenters. The van der Waals surface area contributed by atoms with Gasteiger partial charge < -0.3 is 10.4 Å². The summed E-state index contributed by atoms with van der Waals surface area (Å²) < 4.78 is 0. The van der Waals surface area contributed by atoms with Crippen LogP contribution in [0, 0.1) is 5.41 Å².